The number of hydrogen-bond acceptors (Lipinski definition) is 4. The van der Waals surface area contributed by atoms with Crippen LogP contribution in [0.5, 0.6) is 0 Å². The molecular formula is C15H14N2O3S. The van der Waals surface area contributed by atoms with Crippen molar-refractivity contribution in [2.75, 3.05) is 5.32 Å². The zero-order valence-electron chi connectivity index (χ0n) is 11.4. The first-order valence-electron chi connectivity index (χ1n) is 6.25. The number of aliphatic carboxylic acids is 1. The highest BCUT2D eigenvalue weighted by Crippen LogP contribution is 2.13. The van der Waals surface area contributed by atoms with Crippen LogP contribution in [0.25, 0.3) is 6.08 Å². The maximum Gasteiger partial charge on any atom is 0.328 e. The molecule has 0 saturated heterocycles. The summed E-state index contributed by atoms with van der Waals surface area (Å²) >= 11 is 1.51. The van der Waals surface area contributed by atoms with Crippen LogP contribution in [-0.4, -0.2) is 22.0 Å². The van der Waals surface area contributed by atoms with Gasteiger partial charge < -0.3 is 10.4 Å². The van der Waals surface area contributed by atoms with Crippen molar-refractivity contribution in [3.05, 3.63) is 52.0 Å². The van der Waals surface area contributed by atoms with Crippen molar-refractivity contribution < 1.29 is 14.7 Å². The number of nitrogens with zero attached hydrogens (tertiary/aromatic N) is 1. The first-order chi connectivity index (χ1) is 10.0. The molecule has 1 amide bonds. The lowest BCUT2D eigenvalue weighted by Crippen LogP contribution is -2.14. The fraction of sp³-hybridized carbons (Fsp3) is 0.133. The Morgan fingerprint density at radius 2 is 2.24 bits per heavy atom. The van der Waals surface area contributed by atoms with Gasteiger partial charge in [0.15, 0.2) is 0 Å². The number of anilines is 1. The third kappa shape index (κ3) is 4.85. The molecule has 0 bridgehead atoms. The number of thiazole rings is 1. The van der Waals surface area contributed by atoms with E-state index < -0.39 is 5.97 Å². The molecule has 2 rings (SSSR count). The minimum absolute atomic E-state index is 0.153. The van der Waals surface area contributed by atoms with Crippen LogP contribution in [0.15, 0.2) is 35.7 Å². The van der Waals surface area contributed by atoms with Crippen molar-refractivity contribution >= 4 is 35.0 Å². The van der Waals surface area contributed by atoms with E-state index in [4.69, 9.17) is 5.11 Å². The van der Waals surface area contributed by atoms with Gasteiger partial charge in [-0.05, 0) is 30.7 Å². The summed E-state index contributed by atoms with van der Waals surface area (Å²) in [5, 5.41) is 14.2. The Morgan fingerprint density at radius 3 is 2.90 bits per heavy atom. The second-order valence-corrected chi connectivity index (χ2v) is 5.44. The van der Waals surface area contributed by atoms with Crippen molar-refractivity contribution in [2.45, 2.75) is 13.3 Å². The van der Waals surface area contributed by atoms with Gasteiger partial charge in [-0.1, -0.05) is 12.1 Å². The van der Waals surface area contributed by atoms with E-state index in [9.17, 15) is 9.59 Å². The fourth-order valence-electron chi connectivity index (χ4n) is 1.75. The lowest BCUT2D eigenvalue weighted by molar-refractivity contribution is -0.131. The van der Waals surface area contributed by atoms with E-state index in [1.807, 2.05) is 12.3 Å². The van der Waals surface area contributed by atoms with E-state index >= 15 is 0 Å². The van der Waals surface area contributed by atoms with Crippen LogP contribution in [0.1, 0.15) is 16.3 Å². The molecule has 5 nitrogen and oxygen atoms in total. The topological polar surface area (TPSA) is 79.3 Å². The minimum atomic E-state index is -1.01. The number of carboxylic acids is 1. The molecule has 0 aliphatic rings. The number of amides is 1. The molecule has 0 saturated carbocycles. The summed E-state index contributed by atoms with van der Waals surface area (Å²) in [5.41, 5.74) is 2.08. The summed E-state index contributed by atoms with van der Waals surface area (Å²) in [6, 6.07) is 6.98. The van der Waals surface area contributed by atoms with Crippen LogP contribution in [0.2, 0.25) is 0 Å². The van der Waals surface area contributed by atoms with Crippen molar-refractivity contribution in [1.82, 2.24) is 4.98 Å². The minimum Gasteiger partial charge on any atom is -0.478 e. The molecule has 108 valence electrons. The van der Waals surface area contributed by atoms with E-state index in [1.54, 1.807) is 24.3 Å². The van der Waals surface area contributed by atoms with Gasteiger partial charge in [-0.2, -0.15) is 0 Å². The Labute approximate surface area is 126 Å². The molecule has 1 aromatic carbocycles. The number of carbonyl (C=O) groups is 2. The highest BCUT2D eigenvalue weighted by Gasteiger charge is 2.07. The SMILES string of the molecule is Cc1nc(CC(=O)Nc2cccc(/C=C/C(=O)O)c2)cs1. The highest BCUT2D eigenvalue weighted by atomic mass is 32.1. The van der Waals surface area contributed by atoms with E-state index in [0.29, 0.717) is 11.3 Å². The zero-order valence-corrected chi connectivity index (χ0v) is 12.2. The molecule has 6 heteroatoms. The number of aryl methyl sites for hydroxylation is 1. The Bertz CT molecular complexity index is 692. The standard InChI is InChI=1S/C15H14N2O3S/c1-10-16-13(9-21-10)8-14(18)17-12-4-2-3-11(7-12)5-6-15(19)20/h2-7,9H,8H2,1H3,(H,17,18)(H,19,20)/b6-5+. The van der Waals surface area contributed by atoms with Crippen LogP contribution in [0, 0.1) is 6.92 Å². The molecule has 0 fully saturated rings. The summed E-state index contributed by atoms with van der Waals surface area (Å²) in [7, 11) is 0. The number of benzene rings is 1. The second-order valence-electron chi connectivity index (χ2n) is 4.38. The zero-order chi connectivity index (χ0) is 15.2. The number of rotatable bonds is 5. The van der Waals surface area contributed by atoms with Crippen LogP contribution in [0.3, 0.4) is 0 Å². The predicted octanol–water partition coefficient (Wildman–Crippen LogP) is 2.73. The number of carboxylic acid groups (broad SMARTS) is 1. The molecule has 1 heterocycles. The summed E-state index contributed by atoms with van der Waals surface area (Å²) in [6.07, 6.45) is 2.75. The van der Waals surface area contributed by atoms with Gasteiger partial charge in [0.1, 0.15) is 0 Å². The Morgan fingerprint density at radius 1 is 1.43 bits per heavy atom. The van der Waals surface area contributed by atoms with Crippen molar-refractivity contribution in [3.8, 4) is 0 Å². The summed E-state index contributed by atoms with van der Waals surface area (Å²) in [6.45, 7) is 1.89. The molecule has 0 unspecified atom stereocenters. The molecule has 0 aliphatic heterocycles. The van der Waals surface area contributed by atoms with Gasteiger partial charge in [0.25, 0.3) is 0 Å². The molecule has 0 radical (unpaired) electrons. The smallest absolute Gasteiger partial charge is 0.328 e. The average Bonchev–Trinajstić information content (AvgIpc) is 2.82. The fourth-order valence-corrected chi connectivity index (χ4v) is 2.36. The van der Waals surface area contributed by atoms with Gasteiger partial charge in [-0.25, -0.2) is 9.78 Å². The number of carbonyl (C=O) groups excluding carboxylic acids is 1. The van der Waals surface area contributed by atoms with Gasteiger partial charge in [-0.15, -0.1) is 11.3 Å². The Hall–Kier alpha value is -2.47. The van der Waals surface area contributed by atoms with Gasteiger partial charge in [-0.3, -0.25) is 4.79 Å². The summed E-state index contributed by atoms with van der Waals surface area (Å²) in [4.78, 5) is 26.6. The van der Waals surface area contributed by atoms with E-state index in [2.05, 4.69) is 10.3 Å². The van der Waals surface area contributed by atoms with Gasteiger partial charge in [0.05, 0.1) is 17.1 Å². The van der Waals surface area contributed by atoms with Crippen LogP contribution >= 0.6 is 11.3 Å². The highest BCUT2D eigenvalue weighted by molar-refractivity contribution is 7.09. The molecule has 0 spiro atoms. The third-order valence-corrected chi connectivity index (χ3v) is 3.42. The Kier molecular flexibility index (Phi) is 4.84. The number of nitrogens with one attached hydrogen (secondary N) is 1. The molecule has 2 aromatic rings. The maximum atomic E-state index is 11.9. The molecule has 0 atom stereocenters. The number of aromatic nitrogens is 1. The quantitative estimate of drug-likeness (QED) is 0.832. The largest absolute Gasteiger partial charge is 0.478 e. The normalized spacial score (nSPS) is 10.7. The van der Waals surface area contributed by atoms with Crippen LogP contribution < -0.4 is 5.32 Å². The lowest BCUT2D eigenvalue weighted by atomic mass is 10.2. The monoisotopic (exact) mass is 302 g/mol. The van der Waals surface area contributed by atoms with Crippen molar-refractivity contribution in [2.24, 2.45) is 0 Å². The maximum absolute atomic E-state index is 11.9. The number of hydrogen-bond donors (Lipinski definition) is 2. The van der Waals surface area contributed by atoms with Gasteiger partial charge in [0.2, 0.25) is 5.91 Å². The summed E-state index contributed by atoms with van der Waals surface area (Å²) < 4.78 is 0. The predicted molar refractivity (Wildman–Crippen MR) is 82.3 cm³/mol. The van der Waals surface area contributed by atoms with E-state index in [-0.39, 0.29) is 12.3 Å². The van der Waals surface area contributed by atoms with Gasteiger partial charge in [0, 0.05) is 17.1 Å². The van der Waals surface area contributed by atoms with E-state index in [0.717, 1.165) is 16.8 Å². The molecule has 21 heavy (non-hydrogen) atoms. The molecule has 2 N–H and O–H groups in total. The first-order valence-corrected chi connectivity index (χ1v) is 7.13. The lowest BCUT2D eigenvalue weighted by Gasteiger charge is -2.05. The summed E-state index contributed by atoms with van der Waals surface area (Å²) in [5.74, 6) is -1.16. The molecule has 0 aliphatic carbocycles. The molecular weight excluding hydrogens is 288 g/mol. The van der Waals surface area contributed by atoms with E-state index in [1.165, 1.54) is 17.4 Å². The van der Waals surface area contributed by atoms with Crippen molar-refractivity contribution in [3.63, 3.8) is 0 Å². The van der Waals surface area contributed by atoms with Gasteiger partial charge >= 0.3 is 5.97 Å². The first kappa shape index (κ1) is 14.9. The van der Waals surface area contributed by atoms with Crippen molar-refractivity contribution in [1.29, 1.82) is 0 Å². The molecule has 1 aromatic heterocycles. The van der Waals surface area contributed by atoms with Crippen LogP contribution in [0.4, 0.5) is 5.69 Å². The second kappa shape index (κ2) is 6.81. The van der Waals surface area contributed by atoms with Crippen LogP contribution in [-0.2, 0) is 16.0 Å². The Balaban J connectivity index is 2.00. The third-order valence-electron chi connectivity index (χ3n) is 2.60. The average molecular weight is 302 g/mol.